The largest absolute Gasteiger partial charge is 0.506 e. The van der Waals surface area contributed by atoms with Crippen LogP contribution in [-0.2, 0) is 31.5 Å². The summed E-state index contributed by atoms with van der Waals surface area (Å²) in [6.07, 6.45) is 0.651. The highest BCUT2D eigenvalue weighted by atomic mass is 16.6. The first kappa shape index (κ1) is 42.0. The number of hydrogen-bond acceptors (Lipinski definition) is 11. The number of rotatable bonds is 16. The minimum absolute atomic E-state index is 0.0703. The van der Waals surface area contributed by atoms with E-state index in [0.29, 0.717) is 40.6 Å². The van der Waals surface area contributed by atoms with E-state index in [1.807, 2.05) is 72.8 Å². The number of phenols is 1. The summed E-state index contributed by atoms with van der Waals surface area (Å²) < 4.78 is 19.5. The number of nitrogens with zero attached hydrogens (tertiary/aromatic N) is 3. The van der Waals surface area contributed by atoms with Gasteiger partial charge in [0.1, 0.15) is 30.0 Å². The number of phenolic OH excluding ortho intramolecular Hbond substituents is 1. The van der Waals surface area contributed by atoms with Crippen molar-refractivity contribution in [3.05, 3.63) is 153 Å². The number of piperidine rings is 3. The van der Waals surface area contributed by atoms with E-state index >= 15 is 0 Å². The molecular weight excluding hydrogens is 791 g/mol. The average molecular weight is 842 g/mol. The molecule has 2 bridgehead atoms. The average Bonchev–Trinajstić information content (AvgIpc) is 3.67. The van der Waals surface area contributed by atoms with Crippen molar-refractivity contribution in [1.29, 1.82) is 0 Å². The van der Waals surface area contributed by atoms with Crippen molar-refractivity contribution >= 4 is 22.9 Å². The van der Waals surface area contributed by atoms with Crippen molar-refractivity contribution in [2.45, 2.75) is 50.8 Å². The zero-order chi connectivity index (χ0) is 43.2. The van der Waals surface area contributed by atoms with Gasteiger partial charge in [0.25, 0.3) is 5.91 Å². The summed E-state index contributed by atoms with van der Waals surface area (Å²) in [6, 6.07) is 30.3. The first-order valence-electron chi connectivity index (χ1n) is 20.8. The number of nitrogens with one attached hydrogen (secondary N) is 4. The molecule has 0 saturated carbocycles. The molecule has 2 amide bonds. The Labute approximate surface area is 358 Å². The third-order valence-electron chi connectivity index (χ3n) is 11.8. The van der Waals surface area contributed by atoms with Crippen LogP contribution in [0.15, 0.2) is 108 Å². The predicted molar refractivity (Wildman–Crippen MR) is 232 cm³/mol. The van der Waals surface area contributed by atoms with Gasteiger partial charge in [0.2, 0.25) is 5.56 Å². The van der Waals surface area contributed by atoms with Crippen LogP contribution < -0.4 is 31.0 Å². The Balaban J connectivity index is 0.845. The summed E-state index contributed by atoms with van der Waals surface area (Å²) in [7, 11) is 3.33. The Hall–Kier alpha value is -6.68. The Morgan fingerprint density at radius 2 is 1.74 bits per heavy atom. The van der Waals surface area contributed by atoms with Gasteiger partial charge in [-0.25, -0.2) is 4.79 Å². The number of amides is 2. The van der Waals surface area contributed by atoms with Crippen LogP contribution in [0, 0.1) is 5.92 Å². The molecule has 3 aliphatic heterocycles. The smallest absolute Gasteiger partial charge is 0.408 e. The Bertz CT molecular complexity index is 2590. The normalized spacial score (nSPS) is 17.9. The summed E-state index contributed by atoms with van der Waals surface area (Å²) in [5, 5.41) is 35.4. The third kappa shape index (κ3) is 9.76. The molecule has 3 atom stereocenters. The van der Waals surface area contributed by atoms with Crippen LogP contribution in [0.25, 0.3) is 10.9 Å². The fourth-order valence-electron chi connectivity index (χ4n) is 8.35. The van der Waals surface area contributed by atoms with Crippen molar-refractivity contribution < 1.29 is 34.0 Å². The highest BCUT2D eigenvalue weighted by Crippen LogP contribution is 2.32. The highest BCUT2D eigenvalue weighted by molar-refractivity contribution is 5.92. The van der Waals surface area contributed by atoms with E-state index in [-0.39, 0.29) is 54.2 Å². The number of aromatic hydroxyl groups is 1. The summed E-state index contributed by atoms with van der Waals surface area (Å²) in [5.41, 5.74) is 4.85. The van der Waals surface area contributed by atoms with Gasteiger partial charge in [0, 0.05) is 50.2 Å². The Kier molecular flexibility index (Phi) is 12.8. The molecule has 62 heavy (non-hydrogen) atoms. The predicted octanol–water partition coefficient (Wildman–Crippen LogP) is 5.22. The number of hydrogen-bond donors (Lipinski definition) is 6. The number of aryl methyl sites for hydroxylation is 1. The summed E-state index contributed by atoms with van der Waals surface area (Å²) in [5.74, 6) is 1.19. The lowest BCUT2D eigenvalue weighted by Crippen LogP contribution is -2.52. The number of pyridine rings is 1. The topological polar surface area (TPSA) is 192 Å². The van der Waals surface area contributed by atoms with Crippen LogP contribution in [0.2, 0.25) is 0 Å². The number of carbonyl (C=O) groups is 2. The van der Waals surface area contributed by atoms with Crippen molar-refractivity contribution in [3.63, 3.8) is 0 Å². The third-order valence-corrected chi connectivity index (χ3v) is 11.8. The molecule has 3 unspecified atom stereocenters. The molecule has 3 saturated heterocycles. The van der Waals surface area contributed by atoms with Crippen LogP contribution in [0.1, 0.15) is 69.0 Å². The number of alkyl carbamates (subject to hydrolysis) is 1. The van der Waals surface area contributed by atoms with Crippen LogP contribution in [0.3, 0.4) is 0 Å². The van der Waals surface area contributed by atoms with Gasteiger partial charge in [0.15, 0.2) is 5.69 Å². The molecule has 322 valence electrons. The molecule has 6 N–H and O–H groups in total. The minimum atomic E-state index is -0.909. The number of H-pyrrole nitrogens is 1. The van der Waals surface area contributed by atoms with Gasteiger partial charge in [-0.05, 0) is 90.5 Å². The highest BCUT2D eigenvalue weighted by Gasteiger charge is 2.37. The number of aliphatic hydroxyl groups excluding tert-OH is 1. The van der Waals surface area contributed by atoms with Gasteiger partial charge in [-0.1, -0.05) is 60.7 Å². The summed E-state index contributed by atoms with van der Waals surface area (Å²) in [4.78, 5) is 43.3. The van der Waals surface area contributed by atoms with E-state index < -0.39 is 18.2 Å². The van der Waals surface area contributed by atoms with Crippen molar-refractivity contribution in [2.24, 2.45) is 13.0 Å². The molecule has 0 aliphatic carbocycles. The second kappa shape index (κ2) is 18.9. The van der Waals surface area contributed by atoms with Crippen molar-refractivity contribution in [2.75, 3.05) is 33.3 Å². The molecule has 3 aliphatic rings. The van der Waals surface area contributed by atoms with Gasteiger partial charge in [0.05, 0.1) is 30.5 Å². The maximum atomic E-state index is 13.3. The number of aliphatic hydroxyl groups is 1. The first-order valence-corrected chi connectivity index (χ1v) is 20.8. The lowest BCUT2D eigenvalue weighted by molar-refractivity contribution is -0.0336. The Morgan fingerprint density at radius 1 is 0.935 bits per heavy atom. The number of aromatic amines is 1. The molecule has 6 aromatic rings. The van der Waals surface area contributed by atoms with E-state index in [1.165, 1.54) is 12.1 Å². The molecule has 4 aromatic carbocycles. The zero-order valence-corrected chi connectivity index (χ0v) is 34.7. The molecule has 0 radical (unpaired) electrons. The Morgan fingerprint density at radius 3 is 2.52 bits per heavy atom. The molecule has 2 aromatic heterocycles. The fraction of sp³-hybridized carbons (Fsp3) is 0.319. The summed E-state index contributed by atoms with van der Waals surface area (Å²) in [6.45, 7) is 3.89. The number of fused-ring (bicyclic) bond motifs is 4. The monoisotopic (exact) mass is 841 g/mol. The minimum Gasteiger partial charge on any atom is -0.506 e. The van der Waals surface area contributed by atoms with Crippen LogP contribution >= 0.6 is 0 Å². The van der Waals surface area contributed by atoms with Gasteiger partial charge in [-0.2, -0.15) is 5.10 Å². The van der Waals surface area contributed by atoms with Gasteiger partial charge < -0.3 is 45.4 Å². The first-order chi connectivity index (χ1) is 30.1. The number of ether oxygens (including phenoxy) is 3. The maximum Gasteiger partial charge on any atom is 0.408 e. The van der Waals surface area contributed by atoms with E-state index in [1.54, 1.807) is 37.0 Å². The van der Waals surface area contributed by atoms with Crippen LogP contribution in [0.5, 0.6) is 17.2 Å². The van der Waals surface area contributed by atoms with Gasteiger partial charge in [-0.3, -0.25) is 19.2 Å². The standard InChI is InChI=1S/C47H51N7O8/c1-53-34(28-61-35-10-6-9-32(22-35)44(31-7-4-3-5-8-31)51-47(59)62-42-27-54-19-17-30(42)18-20-54)23-38(52-53)46(58)49-24-29-11-12-33(41(21-29)60-2)25-48-26-40(56)36-13-15-39(55)45-37(36)14-16-43(57)50-45/h3-16,21-23,30,40,42,44,48,55-56H,17-20,24-28H2,1-2H3,(H,49,58)(H,50,57)(H,51,59). The molecule has 3 fully saturated rings. The molecule has 0 spiro atoms. The quantitative estimate of drug-likeness (QED) is 0.0749. The molecule has 15 nitrogen and oxygen atoms in total. The van der Waals surface area contributed by atoms with E-state index in [4.69, 9.17) is 14.2 Å². The van der Waals surface area contributed by atoms with E-state index in [0.717, 1.165) is 54.7 Å². The van der Waals surface area contributed by atoms with Crippen LogP contribution in [0.4, 0.5) is 4.79 Å². The second-order valence-corrected chi connectivity index (χ2v) is 15.8. The van der Waals surface area contributed by atoms with Gasteiger partial charge in [-0.15, -0.1) is 0 Å². The lowest BCUT2D eigenvalue weighted by Gasteiger charge is -2.43. The molecule has 5 heterocycles. The number of carbonyl (C=O) groups excluding carboxylic acids is 2. The molecule has 15 heteroatoms. The lowest BCUT2D eigenvalue weighted by atomic mass is 9.86. The number of aromatic nitrogens is 3. The van der Waals surface area contributed by atoms with Crippen molar-refractivity contribution in [1.82, 2.24) is 35.6 Å². The fourth-order valence-corrected chi connectivity index (χ4v) is 8.35. The van der Waals surface area contributed by atoms with E-state index in [9.17, 15) is 24.6 Å². The zero-order valence-electron chi connectivity index (χ0n) is 34.7. The van der Waals surface area contributed by atoms with Crippen LogP contribution in [-0.4, -0.2) is 81.3 Å². The maximum absolute atomic E-state index is 13.3. The second-order valence-electron chi connectivity index (χ2n) is 15.8. The molecular formula is C47H51N7O8. The molecule has 9 rings (SSSR count). The van der Waals surface area contributed by atoms with Gasteiger partial charge >= 0.3 is 6.09 Å². The summed E-state index contributed by atoms with van der Waals surface area (Å²) >= 11 is 0. The SMILES string of the molecule is COc1cc(CNC(=O)c2cc(COc3cccc(C(NC(=O)OC4CN5CCC4CC5)c4ccccc4)c3)n(C)n2)ccc1CNCC(O)c1ccc(O)c2[nH]c(=O)ccc12. The van der Waals surface area contributed by atoms with Crippen molar-refractivity contribution in [3.8, 4) is 17.2 Å². The number of benzene rings is 4. The van der Waals surface area contributed by atoms with E-state index in [2.05, 4.69) is 30.9 Å². The number of methoxy groups -OCH3 is 1.